The lowest BCUT2D eigenvalue weighted by Gasteiger charge is -2.10. The van der Waals surface area contributed by atoms with Gasteiger partial charge in [0.05, 0.1) is 46.1 Å². The molecule has 0 amide bonds. The summed E-state index contributed by atoms with van der Waals surface area (Å²) in [4.78, 5) is 10.3. The van der Waals surface area contributed by atoms with Crippen LogP contribution in [-0.4, -0.2) is 57.3 Å². The molecule has 0 bridgehead atoms. The topological polar surface area (TPSA) is 74.2 Å². The van der Waals surface area contributed by atoms with Crippen molar-refractivity contribution in [2.45, 2.75) is 39.0 Å². The van der Waals surface area contributed by atoms with Gasteiger partial charge in [0.1, 0.15) is 6.61 Å². The van der Waals surface area contributed by atoms with E-state index >= 15 is 0 Å². The Kier molecular flexibility index (Phi) is 13.3. The number of carbonyl (C=O) groups is 1. The van der Waals surface area contributed by atoms with Crippen LogP contribution in [0.3, 0.4) is 0 Å². The second-order valence-corrected chi connectivity index (χ2v) is 6.05. The molecule has 0 heterocycles. The zero-order chi connectivity index (χ0) is 19.7. The summed E-state index contributed by atoms with van der Waals surface area (Å²) in [5.41, 5.74) is 0.994. The molecule has 0 aromatic heterocycles. The highest BCUT2D eigenvalue weighted by Crippen LogP contribution is 2.19. The lowest BCUT2D eigenvalue weighted by atomic mass is 10.1. The number of rotatable bonds is 17. The molecule has 0 radical (unpaired) electrons. The number of halogens is 1. The maximum atomic E-state index is 14.0. The van der Waals surface area contributed by atoms with Crippen molar-refractivity contribution >= 4 is 5.97 Å². The predicted octanol–water partition coefficient (Wildman–Crippen LogP) is 3.46. The van der Waals surface area contributed by atoms with E-state index in [4.69, 9.17) is 24.1 Å². The van der Waals surface area contributed by atoms with Gasteiger partial charge in [-0.05, 0) is 30.5 Å². The average Bonchev–Trinajstić information content (AvgIpc) is 2.64. The number of carboxylic acid groups (broad SMARTS) is 1. The molecule has 154 valence electrons. The van der Waals surface area contributed by atoms with Gasteiger partial charge in [-0.25, -0.2) is 4.39 Å². The van der Waals surface area contributed by atoms with Gasteiger partial charge >= 0.3 is 5.97 Å². The Bertz CT molecular complexity index is 523. The molecule has 0 aliphatic carbocycles. The van der Waals surface area contributed by atoms with Crippen LogP contribution < -0.4 is 4.74 Å². The predicted molar refractivity (Wildman–Crippen MR) is 99.8 cm³/mol. The van der Waals surface area contributed by atoms with Crippen molar-refractivity contribution in [3.63, 3.8) is 0 Å². The molecule has 1 N–H and O–H groups in total. The van der Waals surface area contributed by atoms with E-state index in [1.54, 1.807) is 6.07 Å². The molecule has 1 rings (SSSR count). The summed E-state index contributed by atoms with van der Waals surface area (Å²) in [7, 11) is 0. The molecule has 0 spiro atoms. The maximum Gasteiger partial charge on any atom is 0.305 e. The quantitative estimate of drug-likeness (QED) is 0.413. The van der Waals surface area contributed by atoms with Gasteiger partial charge in [-0.15, -0.1) is 0 Å². The van der Waals surface area contributed by atoms with Crippen molar-refractivity contribution < 1.29 is 33.2 Å². The third-order valence-corrected chi connectivity index (χ3v) is 3.75. The first-order chi connectivity index (χ1) is 13.1. The van der Waals surface area contributed by atoms with Gasteiger partial charge in [0.25, 0.3) is 0 Å². The zero-order valence-electron chi connectivity index (χ0n) is 16.1. The fourth-order valence-corrected chi connectivity index (χ4v) is 2.31. The van der Waals surface area contributed by atoms with Gasteiger partial charge in [-0.1, -0.05) is 25.8 Å². The second kappa shape index (κ2) is 15.4. The fourth-order valence-electron chi connectivity index (χ4n) is 2.31. The largest absolute Gasteiger partial charge is 0.488 e. The molecule has 27 heavy (non-hydrogen) atoms. The van der Waals surface area contributed by atoms with Crippen LogP contribution in [0.2, 0.25) is 0 Å². The minimum absolute atomic E-state index is 0.00864. The number of aliphatic carboxylic acids is 1. The van der Waals surface area contributed by atoms with Crippen LogP contribution in [0, 0.1) is 5.82 Å². The minimum Gasteiger partial charge on any atom is -0.488 e. The minimum atomic E-state index is -0.880. The molecule has 1 aromatic rings. The third-order valence-electron chi connectivity index (χ3n) is 3.75. The highest BCUT2D eigenvalue weighted by Gasteiger charge is 2.05. The Morgan fingerprint density at radius 3 is 2.19 bits per heavy atom. The monoisotopic (exact) mass is 386 g/mol. The number of unbranched alkanes of at least 4 members (excludes halogenated alkanes) is 2. The smallest absolute Gasteiger partial charge is 0.305 e. The van der Waals surface area contributed by atoms with E-state index in [9.17, 15) is 9.18 Å². The van der Waals surface area contributed by atoms with Crippen molar-refractivity contribution in [1.82, 2.24) is 0 Å². The molecule has 0 saturated carbocycles. The van der Waals surface area contributed by atoms with Crippen molar-refractivity contribution in [2.24, 2.45) is 0 Å². The molecule has 7 heteroatoms. The Morgan fingerprint density at radius 1 is 0.963 bits per heavy atom. The molecule has 0 fully saturated rings. The summed E-state index contributed by atoms with van der Waals surface area (Å²) in [6, 6.07) is 5.11. The first-order valence-electron chi connectivity index (χ1n) is 9.49. The van der Waals surface area contributed by atoms with E-state index in [1.165, 1.54) is 6.07 Å². The summed E-state index contributed by atoms with van der Waals surface area (Å²) in [5, 5.41) is 8.44. The Hall–Kier alpha value is -1.70. The number of hydrogen-bond donors (Lipinski definition) is 1. The van der Waals surface area contributed by atoms with Gasteiger partial charge in [-0.2, -0.15) is 0 Å². The fraction of sp³-hybridized carbons (Fsp3) is 0.650. The number of hydrogen-bond acceptors (Lipinski definition) is 5. The highest BCUT2D eigenvalue weighted by molar-refractivity contribution is 5.66. The van der Waals surface area contributed by atoms with E-state index < -0.39 is 5.97 Å². The summed E-state index contributed by atoms with van der Waals surface area (Å²) < 4.78 is 35.1. The normalized spacial score (nSPS) is 10.9. The van der Waals surface area contributed by atoms with Crippen LogP contribution in [-0.2, 0) is 25.4 Å². The van der Waals surface area contributed by atoms with Gasteiger partial charge in [0, 0.05) is 0 Å². The Balaban J connectivity index is 1.99. The highest BCUT2D eigenvalue weighted by atomic mass is 19.1. The number of ether oxygens (including phenoxy) is 4. The van der Waals surface area contributed by atoms with E-state index in [1.807, 2.05) is 6.07 Å². The third kappa shape index (κ3) is 12.3. The molecular weight excluding hydrogens is 355 g/mol. The summed E-state index contributed by atoms with van der Waals surface area (Å²) in [6.45, 7) is 4.48. The molecule has 0 unspecified atom stereocenters. The summed E-state index contributed by atoms with van der Waals surface area (Å²) >= 11 is 0. The van der Waals surface area contributed by atoms with Gasteiger partial charge in [0.2, 0.25) is 0 Å². The van der Waals surface area contributed by atoms with Crippen LogP contribution in [0.25, 0.3) is 0 Å². The lowest BCUT2D eigenvalue weighted by molar-refractivity contribution is -0.138. The van der Waals surface area contributed by atoms with Crippen molar-refractivity contribution in [1.29, 1.82) is 0 Å². The molecule has 0 saturated heterocycles. The molecule has 1 aromatic carbocycles. The Labute approximate surface area is 160 Å². The standard InChI is InChI=1S/C20H31FO6/c1-2-3-4-5-17-6-7-19(18(21)16-17)27-15-14-26-13-12-25-11-10-24-9-8-20(22)23/h6-7,16H,2-5,8-15H2,1H3,(H,22,23). The van der Waals surface area contributed by atoms with Crippen LogP contribution >= 0.6 is 0 Å². The average molecular weight is 386 g/mol. The van der Waals surface area contributed by atoms with E-state index in [2.05, 4.69) is 6.92 Å². The molecule has 6 nitrogen and oxygen atoms in total. The number of benzene rings is 1. The second-order valence-electron chi connectivity index (χ2n) is 6.05. The molecule has 0 aliphatic heterocycles. The SMILES string of the molecule is CCCCCc1ccc(OCCOCCOCCOCCC(=O)O)c(F)c1. The zero-order valence-corrected chi connectivity index (χ0v) is 16.1. The molecule has 0 atom stereocenters. The van der Waals surface area contributed by atoms with Gasteiger partial charge in [-0.3, -0.25) is 4.79 Å². The molecule has 0 aliphatic rings. The van der Waals surface area contributed by atoms with E-state index in [0.29, 0.717) is 33.0 Å². The van der Waals surface area contributed by atoms with Crippen molar-refractivity contribution in [3.8, 4) is 5.75 Å². The van der Waals surface area contributed by atoms with Gasteiger partial charge < -0.3 is 24.1 Å². The van der Waals surface area contributed by atoms with Gasteiger partial charge in [0.15, 0.2) is 11.6 Å². The van der Waals surface area contributed by atoms with Crippen LogP contribution in [0.1, 0.15) is 38.2 Å². The van der Waals surface area contributed by atoms with Crippen LogP contribution in [0.4, 0.5) is 4.39 Å². The van der Waals surface area contributed by atoms with Crippen LogP contribution in [0.15, 0.2) is 18.2 Å². The lowest BCUT2D eigenvalue weighted by Crippen LogP contribution is -2.13. The molecular formula is C20H31FO6. The first-order valence-corrected chi connectivity index (χ1v) is 9.49. The van der Waals surface area contributed by atoms with Crippen LogP contribution in [0.5, 0.6) is 5.75 Å². The van der Waals surface area contributed by atoms with Crippen molar-refractivity contribution in [2.75, 3.05) is 46.2 Å². The van der Waals surface area contributed by atoms with E-state index in [0.717, 1.165) is 31.2 Å². The summed E-state index contributed by atoms with van der Waals surface area (Å²) in [5.74, 6) is -0.975. The first kappa shape index (κ1) is 23.3. The number of aryl methyl sites for hydroxylation is 1. The Morgan fingerprint density at radius 2 is 1.59 bits per heavy atom. The van der Waals surface area contributed by atoms with Crippen molar-refractivity contribution in [3.05, 3.63) is 29.6 Å². The maximum absolute atomic E-state index is 14.0. The summed E-state index contributed by atoms with van der Waals surface area (Å²) in [6.07, 6.45) is 4.25. The van der Waals surface area contributed by atoms with E-state index in [-0.39, 0.29) is 31.2 Å². The number of carboxylic acids is 1.